The second kappa shape index (κ2) is 7.26. The lowest BCUT2D eigenvalue weighted by atomic mass is 9.83. The van der Waals surface area contributed by atoms with E-state index in [9.17, 15) is 9.90 Å². The zero-order valence-corrected chi connectivity index (χ0v) is 16.0. The van der Waals surface area contributed by atoms with E-state index in [1.54, 1.807) is 29.2 Å². The summed E-state index contributed by atoms with van der Waals surface area (Å²) >= 11 is 0. The number of ether oxygens (including phenoxy) is 4. The van der Waals surface area contributed by atoms with Crippen LogP contribution >= 0.6 is 0 Å². The number of amides is 1. The second-order valence-electron chi connectivity index (χ2n) is 6.26. The average Bonchev–Trinajstić information content (AvgIpc) is 2.69. The molecule has 0 spiro atoms. The van der Waals surface area contributed by atoms with Crippen molar-refractivity contribution in [3.63, 3.8) is 0 Å². The van der Waals surface area contributed by atoms with Gasteiger partial charge in [-0.15, -0.1) is 0 Å². The zero-order chi connectivity index (χ0) is 19.7. The molecule has 1 aliphatic heterocycles. The lowest BCUT2D eigenvalue weighted by Crippen LogP contribution is -2.54. The van der Waals surface area contributed by atoms with Gasteiger partial charge in [0.1, 0.15) is 0 Å². The molecule has 1 heterocycles. The third-order valence-corrected chi connectivity index (χ3v) is 4.85. The van der Waals surface area contributed by atoms with Gasteiger partial charge in [0.2, 0.25) is 11.7 Å². The number of phenolic OH excluding ortho intramolecular Hbond substituents is 1. The number of aromatic hydroxyl groups is 1. The second-order valence-corrected chi connectivity index (χ2v) is 6.26. The van der Waals surface area contributed by atoms with Crippen LogP contribution in [-0.4, -0.2) is 39.5 Å². The molecule has 0 unspecified atom stereocenters. The number of hydrogen-bond donors (Lipinski definition) is 1. The van der Waals surface area contributed by atoms with Crippen molar-refractivity contribution in [2.45, 2.75) is 13.0 Å². The molecule has 1 fully saturated rings. The Morgan fingerprint density at radius 1 is 0.889 bits per heavy atom. The van der Waals surface area contributed by atoms with Crippen LogP contribution in [0.3, 0.4) is 0 Å². The van der Waals surface area contributed by atoms with Crippen molar-refractivity contribution in [1.29, 1.82) is 0 Å². The van der Waals surface area contributed by atoms with Crippen LogP contribution in [0, 0.1) is 5.92 Å². The molecule has 7 heteroatoms. The van der Waals surface area contributed by atoms with Gasteiger partial charge < -0.3 is 29.0 Å². The molecule has 0 radical (unpaired) electrons. The lowest BCUT2D eigenvalue weighted by Gasteiger charge is -2.46. The van der Waals surface area contributed by atoms with Crippen molar-refractivity contribution < 1.29 is 28.8 Å². The Hall–Kier alpha value is -3.09. The fourth-order valence-electron chi connectivity index (χ4n) is 3.46. The van der Waals surface area contributed by atoms with Crippen molar-refractivity contribution in [3.05, 3.63) is 35.9 Å². The van der Waals surface area contributed by atoms with Crippen LogP contribution in [-0.2, 0) is 4.79 Å². The normalized spacial score (nSPS) is 18.7. The molecular weight excluding hydrogens is 350 g/mol. The van der Waals surface area contributed by atoms with Crippen LogP contribution < -0.4 is 23.8 Å². The molecule has 0 bridgehead atoms. The van der Waals surface area contributed by atoms with Gasteiger partial charge in [-0.3, -0.25) is 4.79 Å². The molecule has 1 saturated heterocycles. The number of β-lactam (4-membered cyclic amide) rings is 1. The summed E-state index contributed by atoms with van der Waals surface area (Å²) in [6, 6.07) is 8.41. The number of carbonyl (C=O) groups is 1. The Morgan fingerprint density at radius 2 is 1.48 bits per heavy atom. The molecule has 0 aromatic heterocycles. The minimum atomic E-state index is -0.225. The maximum atomic E-state index is 12.6. The maximum Gasteiger partial charge on any atom is 0.232 e. The fourth-order valence-corrected chi connectivity index (χ4v) is 3.46. The summed E-state index contributed by atoms with van der Waals surface area (Å²) in [5, 5.41) is 10.1. The summed E-state index contributed by atoms with van der Waals surface area (Å²) in [7, 11) is 6.08. The van der Waals surface area contributed by atoms with E-state index in [1.807, 2.05) is 13.0 Å². The Kier molecular flexibility index (Phi) is 5.03. The predicted octanol–water partition coefficient (Wildman–Crippen LogP) is 3.15. The molecule has 0 saturated carbocycles. The van der Waals surface area contributed by atoms with Gasteiger partial charge in [0.15, 0.2) is 23.0 Å². The molecule has 7 nitrogen and oxygen atoms in total. The fraction of sp³-hybridized carbons (Fsp3) is 0.350. The molecule has 1 N–H and O–H groups in total. The van der Waals surface area contributed by atoms with Gasteiger partial charge in [-0.25, -0.2) is 0 Å². The van der Waals surface area contributed by atoms with Crippen molar-refractivity contribution in [2.75, 3.05) is 33.3 Å². The molecule has 1 aliphatic rings. The number of methoxy groups -OCH3 is 4. The Bertz CT molecular complexity index is 841. The number of carbonyl (C=O) groups excluding carboxylic acids is 1. The van der Waals surface area contributed by atoms with E-state index in [0.29, 0.717) is 28.7 Å². The molecule has 2 aromatic rings. The highest BCUT2D eigenvalue weighted by Crippen LogP contribution is 2.49. The minimum Gasteiger partial charge on any atom is -0.504 e. The molecule has 0 aliphatic carbocycles. The number of nitrogens with zero attached hydrogens (tertiary/aromatic N) is 1. The van der Waals surface area contributed by atoms with Crippen LogP contribution in [0.4, 0.5) is 5.69 Å². The maximum absolute atomic E-state index is 12.6. The largest absolute Gasteiger partial charge is 0.504 e. The number of anilines is 1. The molecule has 2 aromatic carbocycles. The van der Waals surface area contributed by atoms with Crippen molar-refractivity contribution in [2.24, 2.45) is 5.92 Å². The number of rotatable bonds is 6. The van der Waals surface area contributed by atoms with Crippen molar-refractivity contribution in [1.82, 2.24) is 0 Å². The van der Waals surface area contributed by atoms with Crippen LogP contribution in [0.5, 0.6) is 28.7 Å². The van der Waals surface area contributed by atoms with Gasteiger partial charge >= 0.3 is 0 Å². The third-order valence-electron chi connectivity index (χ3n) is 4.85. The molecule has 1 amide bonds. The van der Waals surface area contributed by atoms with E-state index in [0.717, 1.165) is 5.56 Å². The van der Waals surface area contributed by atoms with Crippen molar-refractivity contribution in [3.8, 4) is 28.7 Å². The molecule has 2 atom stereocenters. The summed E-state index contributed by atoms with van der Waals surface area (Å²) < 4.78 is 21.2. The van der Waals surface area contributed by atoms with Gasteiger partial charge in [0, 0.05) is 12.1 Å². The first-order valence-electron chi connectivity index (χ1n) is 8.46. The Balaban J connectivity index is 2.05. The number of phenols is 1. The van der Waals surface area contributed by atoms with Crippen LogP contribution in [0.2, 0.25) is 0 Å². The summed E-state index contributed by atoms with van der Waals surface area (Å²) in [6.45, 7) is 1.86. The van der Waals surface area contributed by atoms with E-state index in [2.05, 4.69) is 0 Å². The average molecular weight is 373 g/mol. The van der Waals surface area contributed by atoms with E-state index >= 15 is 0 Å². The SMILES string of the molecule is COc1ccc([C@H]2[C@H](C)C(=O)N2c2cc(OC)c(OC)c(OC)c2)cc1O. The van der Waals surface area contributed by atoms with Crippen LogP contribution in [0.15, 0.2) is 30.3 Å². The van der Waals surface area contributed by atoms with Gasteiger partial charge in [0.25, 0.3) is 0 Å². The lowest BCUT2D eigenvalue weighted by molar-refractivity contribution is -0.129. The van der Waals surface area contributed by atoms with Gasteiger partial charge in [0.05, 0.1) is 46.1 Å². The molecule has 144 valence electrons. The molecular formula is C20H23NO6. The summed E-state index contributed by atoms with van der Waals surface area (Å²) in [4.78, 5) is 14.3. The smallest absolute Gasteiger partial charge is 0.232 e. The summed E-state index contributed by atoms with van der Waals surface area (Å²) in [6.07, 6.45) is 0. The molecule has 27 heavy (non-hydrogen) atoms. The Labute approximate surface area is 158 Å². The zero-order valence-electron chi connectivity index (χ0n) is 16.0. The van der Waals surface area contributed by atoms with Gasteiger partial charge in [-0.05, 0) is 17.7 Å². The highest BCUT2D eigenvalue weighted by molar-refractivity contribution is 6.03. The quantitative estimate of drug-likeness (QED) is 0.784. The number of benzene rings is 2. The van der Waals surface area contributed by atoms with Crippen molar-refractivity contribution >= 4 is 11.6 Å². The van der Waals surface area contributed by atoms with Crippen LogP contribution in [0.1, 0.15) is 18.5 Å². The highest BCUT2D eigenvalue weighted by Gasteiger charge is 2.46. The Morgan fingerprint density at radius 3 is 1.96 bits per heavy atom. The first-order chi connectivity index (χ1) is 13.0. The topological polar surface area (TPSA) is 77.5 Å². The van der Waals surface area contributed by atoms with E-state index < -0.39 is 0 Å². The van der Waals surface area contributed by atoms with E-state index in [-0.39, 0.29) is 23.6 Å². The van der Waals surface area contributed by atoms with E-state index in [4.69, 9.17) is 18.9 Å². The first-order valence-corrected chi connectivity index (χ1v) is 8.46. The monoisotopic (exact) mass is 373 g/mol. The standard InChI is InChI=1S/C20H23NO6/c1-11-18(12-6-7-15(24-2)14(22)8-12)21(20(11)23)13-9-16(25-3)19(27-5)17(10-13)26-4/h6-11,18,22H,1-5H3/t11-,18+/m0/s1. The van der Waals surface area contributed by atoms with Crippen LogP contribution in [0.25, 0.3) is 0 Å². The highest BCUT2D eigenvalue weighted by atomic mass is 16.5. The predicted molar refractivity (Wildman–Crippen MR) is 100 cm³/mol. The minimum absolute atomic E-state index is 0.0235. The van der Waals surface area contributed by atoms with E-state index in [1.165, 1.54) is 28.4 Å². The van der Waals surface area contributed by atoms with Gasteiger partial charge in [-0.1, -0.05) is 13.0 Å². The third kappa shape index (κ3) is 2.99. The molecule has 3 rings (SSSR count). The first kappa shape index (κ1) is 18.7. The number of hydrogen-bond acceptors (Lipinski definition) is 6. The summed E-state index contributed by atoms with van der Waals surface area (Å²) in [5.41, 5.74) is 1.45. The van der Waals surface area contributed by atoms with Gasteiger partial charge in [-0.2, -0.15) is 0 Å². The summed E-state index contributed by atoms with van der Waals surface area (Å²) in [5.74, 6) is 1.57.